The molecule has 0 amide bonds. The molecule has 2 aliphatic carbocycles. The van der Waals surface area contributed by atoms with Gasteiger partial charge in [-0.3, -0.25) is 0 Å². The molecule has 0 spiro atoms. The van der Waals surface area contributed by atoms with E-state index in [1.807, 2.05) is 13.0 Å². The van der Waals surface area contributed by atoms with E-state index in [9.17, 15) is 15.6 Å². The van der Waals surface area contributed by atoms with Crippen molar-refractivity contribution in [1.29, 1.82) is 10.5 Å². The molecular formula is C38H52N2O5. The zero-order valence-electron chi connectivity index (χ0n) is 26.8. The van der Waals surface area contributed by atoms with Crippen LogP contribution in [-0.4, -0.2) is 44.1 Å². The van der Waals surface area contributed by atoms with Crippen LogP contribution < -0.4 is 0 Å². The Morgan fingerprint density at radius 1 is 0.733 bits per heavy atom. The summed E-state index contributed by atoms with van der Waals surface area (Å²) in [5.41, 5.74) is 7.53. The van der Waals surface area contributed by atoms with E-state index in [1.54, 1.807) is 6.07 Å². The summed E-state index contributed by atoms with van der Waals surface area (Å²) in [5.74, 6) is 0.322. The van der Waals surface area contributed by atoms with E-state index in [0.717, 1.165) is 94.1 Å². The van der Waals surface area contributed by atoms with Crippen molar-refractivity contribution in [2.45, 2.75) is 129 Å². The van der Waals surface area contributed by atoms with E-state index in [0.29, 0.717) is 19.0 Å². The average molecular weight is 617 g/mol. The Morgan fingerprint density at radius 3 is 1.67 bits per heavy atom. The number of fused-ring (bicyclic) bond motifs is 2. The molecule has 45 heavy (non-hydrogen) atoms. The van der Waals surface area contributed by atoms with E-state index in [2.05, 4.69) is 38.1 Å². The zero-order valence-corrected chi connectivity index (χ0v) is 26.8. The molecule has 0 bridgehead atoms. The molecule has 4 aliphatic rings. The van der Waals surface area contributed by atoms with Gasteiger partial charge in [0.15, 0.2) is 12.6 Å². The lowest BCUT2D eigenvalue weighted by molar-refractivity contribution is -0.163. The standard InChI is InChI=1S/C19H25NO2.C18H23NO3.CH4/c1-14-10-16-12-19(13-20,17(16)11-15(14)2)7-5-9-22-18-6-3-4-8-21-18;1-13-9-15-14(10-16(13)20)11-18(15,12-19)6-4-8-22-17-5-2-3-7-21-17;/h10-11,18H,3-9,12H2,1-2H3;9-10,17,20H,2-8,11H2,1H3;1H4. The summed E-state index contributed by atoms with van der Waals surface area (Å²) >= 11 is 0. The Hall–Kier alpha value is -2.94. The highest BCUT2D eigenvalue weighted by atomic mass is 16.7. The smallest absolute Gasteiger partial charge is 0.157 e. The number of phenolic OH excluding ortho intramolecular Hbond substituents is 1. The number of phenols is 1. The lowest BCUT2D eigenvalue weighted by atomic mass is 9.62. The molecule has 0 radical (unpaired) electrons. The summed E-state index contributed by atoms with van der Waals surface area (Å²) in [6.07, 6.45) is 11.6. The van der Waals surface area contributed by atoms with Crippen LogP contribution in [0.3, 0.4) is 0 Å². The van der Waals surface area contributed by atoms with Crippen LogP contribution in [0.25, 0.3) is 0 Å². The first-order chi connectivity index (χ1) is 21.3. The van der Waals surface area contributed by atoms with Gasteiger partial charge < -0.3 is 24.1 Å². The number of aryl methyl sites for hydroxylation is 3. The van der Waals surface area contributed by atoms with Crippen LogP contribution in [0.4, 0.5) is 0 Å². The molecule has 7 nitrogen and oxygen atoms in total. The quantitative estimate of drug-likeness (QED) is 0.270. The summed E-state index contributed by atoms with van der Waals surface area (Å²) in [6.45, 7) is 9.08. The van der Waals surface area contributed by atoms with Crippen LogP contribution in [0.15, 0.2) is 24.3 Å². The Balaban J connectivity index is 0.000000200. The van der Waals surface area contributed by atoms with Crippen LogP contribution in [0.5, 0.6) is 5.75 Å². The molecule has 4 atom stereocenters. The number of nitriles is 2. The van der Waals surface area contributed by atoms with Crippen LogP contribution in [0.2, 0.25) is 0 Å². The average Bonchev–Trinajstić information content (AvgIpc) is 3.04. The molecule has 244 valence electrons. The number of aromatic hydroxyl groups is 1. The fourth-order valence-electron chi connectivity index (χ4n) is 7.05. The highest BCUT2D eigenvalue weighted by Gasteiger charge is 2.44. The normalized spacial score (nSPS) is 26.2. The second kappa shape index (κ2) is 15.6. The van der Waals surface area contributed by atoms with Gasteiger partial charge in [-0.15, -0.1) is 0 Å². The molecule has 7 heteroatoms. The number of rotatable bonds is 10. The molecule has 2 aromatic rings. The van der Waals surface area contributed by atoms with Crippen molar-refractivity contribution in [2.24, 2.45) is 0 Å². The van der Waals surface area contributed by atoms with Crippen molar-refractivity contribution in [3.05, 3.63) is 63.2 Å². The van der Waals surface area contributed by atoms with E-state index >= 15 is 0 Å². The van der Waals surface area contributed by atoms with E-state index in [4.69, 9.17) is 18.9 Å². The molecule has 2 aliphatic heterocycles. The van der Waals surface area contributed by atoms with Crippen LogP contribution in [0, 0.1) is 43.4 Å². The molecule has 0 aromatic heterocycles. The van der Waals surface area contributed by atoms with Crippen LogP contribution in [0.1, 0.15) is 111 Å². The van der Waals surface area contributed by atoms with Crippen LogP contribution in [-0.2, 0) is 42.6 Å². The van der Waals surface area contributed by atoms with Gasteiger partial charge in [0.1, 0.15) is 5.75 Å². The monoisotopic (exact) mass is 616 g/mol. The number of hydrogen-bond acceptors (Lipinski definition) is 7. The third-order valence-corrected chi connectivity index (χ3v) is 9.96. The fraction of sp³-hybridized carbons (Fsp3) is 0.632. The highest BCUT2D eigenvalue weighted by Crippen LogP contribution is 2.47. The minimum atomic E-state index is -0.398. The molecule has 1 N–H and O–H groups in total. The minimum Gasteiger partial charge on any atom is -0.508 e. The Labute approximate surface area is 270 Å². The number of hydrogen-bond donors (Lipinski definition) is 1. The molecule has 2 aromatic carbocycles. The molecule has 0 saturated carbocycles. The van der Waals surface area contributed by atoms with Gasteiger partial charge in [0.2, 0.25) is 0 Å². The third-order valence-electron chi connectivity index (χ3n) is 9.96. The lowest BCUT2D eigenvalue weighted by Crippen LogP contribution is -2.38. The molecule has 2 fully saturated rings. The van der Waals surface area contributed by atoms with Gasteiger partial charge in [-0.25, -0.2) is 0 Å². The first kappa shape index (κ1) is 34.9. The van der Waals surface area contributed by atoms with Gasteiger partial charge in [-0.05, 0) is 143 Å². The van der Waals surface area contributed by atoms with Gasteiger partial charge in [-0.2, -0.15) is 10.5 Å². The fourth-order valence-corrected chi connectivity index (χ4v) is 7.05. The van der Waals surface area contributed by atoms with Gasteiger partial charge in [0.25, 0.3) is 0 Å². The summed E-state index contributed by atoms with van der Waals surface area (Å²) in [5, 5.41) is 29.0. The minimum absolute atomic E-state index is 0. The first-order valence-electron chi connectivity index (χ1n) is 16.5. The van der Waals surface area contributed by atoms with Crippen molar-refractivity contribution < 1.29 is 24.1 Å². The van der Waals surface area contributed by atoms with Gasteiger partial charge in [0, 0.05) is 26.4 Å². The van der Waals surface area contributed by atoms with Crippen molar-refractivity contribution in [2.75, 3.05) is 26.4 Å². The SMILES string of the molecule is C.Cc1cc2c(cc1C)C(C#N)(CCCOC1CCCCO1)C2.Cc1cc2c(cc1O)CC2(C#N)CCCOC1CCCCO1. The van der Waals surface area contributed by atoms with E-state index in [1.165, 1.54) is 35.1 Å². The maximum absolute atomic E-state index is 9.74. The predicted molar refractivity (Wildman–Crippen MR) is 175 cm³/mol. The van der Waals surface area contributed by atoms with Gasteiger partial charge in [-0.1, -0.05) is 25.6 Å². The number of ether oxygens (including phenoxy) is 4. The third kappa shape index (κ3) is 7.90. The Kier molecular flexibility index (Phi) is 12.1. The zero-order chi connectivity index (χ0) is 31.2. The van der Waals surface area contributed by atoms with Crippen molar-refractivity contribution in [3.63, 3.8) is 0 Å². The van der Waals surface area contributed by atoms with Crippen molar-refractivity contribution in [1.82, 2.24) is 0 Å². The van der Waals surface area contributed by atoms with E-state index < -0.39 is 5.41 Å². The van der Waals surface area contributed by atoms with E-state index in [-0.39, 0.29) is 25.4 Å². The molecular weight excluding hydrogens is 564 g/mol. The van der Waals surface area contributed by atoms with Gasteiger partial charge >= 0.3 is 0 Å². The van der Waals surface area contributed by atoms with Crippen molar-refractivity contribution >= 4 is 0 Å². The lowest BCUT2D eigenvalue weighted by Gasteiger charge is -2.39. The summed E-state index contributed by atoms with van der Waals surface area (Å²) in [7, 11) is 0. The summed E-state index contributed by atoms with van der Waals surface area (Å²) in [4.78, 5) is 0. The van der Waals surface area contributed by atoms with Crippen LogP contribution >= 0.6 is 0 Å². The largest absolute Gasteiger partial charge is 0.508 e. The molecule has 2 heterocycles. The second-order valence-corrected chi connectivity index (χ2v) is 13.2. The predicted octanol–water partition coefficient (Wildman–Crippen LogP) is 7.92. The first-order valence-corrected chi connectivity index (χ1v) is 16.5. The highest BCUT2D eigenvalue weighted by molar-refractivity contribution is 5.55. The molecule has 2 saturated heterocycles. The topological polar surface area (TPSA) is 105 Å². The molecule has 4 unspecified atom stereocenters. The number of benzene rings is 2. The second-order valence-electron chi connectivity index (χ2n) is 13.2. The Morgan fingerprint density at radius 2 is 1.20 bits per heavy atom. The Bertz CT molecular complexity index is 1280. The number of nitrogens with zero attached hydrogens (tertiary/aromatic N) is 2. The summed E-state index contributed by atoms with van der Waals surface area (Å²) < 4.78 is 22.7. The summed E-state index contributed by atoms with van der Waals surface area (Å²) in [6, 6.07) is 13.3. The van der Waals surface area contributed by atoms with Crippen molar-refractivity contribution in [3.8, 4) is 17.9 Å². The van der Waals surface area contributed by atoms with Gasteiger partial charge in [0.05, 0.1) is 23.0 Å². The maximum Gasteiger partial charge on any atom is 0.157 e. The molecule has 6 rings (SSSR count). The maximum atomic E-state index is 9.74.